The van der Waals surface area contributed by atoms with Crippen LogP contribution in [0, 0.1) is 34.6 Å². The van der Waals surface area contributed by atoms with Crippen LogP contribution in [0.15, 0.2) is 6.07 Å². The largest absolute Gasteiger partial charge is 0.507 e. The zero-order valence-electron chi connectivity index (χ0n) is 15.7. The molecule has 6 nitrogen and oxygen atoms in total. The Kier molecular flexibility index (Phi) is 6.39. The number of aromatic hydroxyl groups is 4. The number of rotatable bonds is 2. The normalized spacial score (nSPS) is 10.0. The molecule has 6 heteroatoms. The molecule has 0 atom stereocenters. The fourth-order valence-corrected chi connectivity index (χ4v) is 2.53. The monoisotopic (exact) mass is 350 g/mol. The average Bonchev–Trinajstić information content (AvgIpc) is 2.58. The molecule has 138 valence electrons. The predicted octanol–water partition coefficient (Wildman–Crippen LogP) is 3.75. The van der Waals surface area contributed by atoms with Gasteiger partial charge in [-0.15, -0.1) is 0 Å². The number of hydrogen-bond acceptors (Lipinski definition) is 6. The average molecular weight is 350 g/mol. The third-order valence-corrected chi connectivity index (χ3v) is 4.25. The van der Waals surface area contributed by atoms with Gasteiger partial charge in [-0.1, -0.05) is 0 Å². The first-order valence-corrected chi connectivity index (χ1v) is 7.70. The van der Waals surface area contributed by atoms with Crippen molar-refractivity contribution in [2.75, 3.05) is 14.2 Å². The Morgan fingerprint density at radius 3 is 1.52 bits per heavy atom. The minimum absolute atomic E-state index is 0.0605. The third kappa shape index (κ3) is 3.84. The zero-order valence-corrected chi connectivity index (χ0v) is 15.7. The summed E-state index contributed by atoms with van der Waals surface area (Å²) in [6.07, 6.45) is 0. The van der Waals surface area contributed by atoms with E-state index in [4.69, 9.17) is 9.47 Å². The fraction of sp³-hybridized carbons (Fsp3) is 0.368. The van der Waals surface area contributed by atoms with Crippen molar-refractivity contribution in [3.05, 3.63) is 33.9 Å². The van der Waals surface area contributed by atoms with Gasteiger partial charge in [0.1, 0.15) is 11.5 Å². The molecule has 0 aliphatic rings. The lowest BCUT2D eigenvalue weighted by molar-refractivity contribution is 0.362. The standard InChI is InChI=1S/C10H14O3.C9H12O3/c1-5-6(2)9(12)10(13-4)7(3)8(5)11;1-5-4-7(10)9(12-3)6(2)8(5)11/h11-12H,1-4H3;4,10-11H,1-3H3. The highest BCUT2D eigenvalue weighted by Crippen LogP contribution is 2.41. The molecular weight excluding hydrogens is 324 g/mol. The molecule has 0 radical (unpaired) electrons. The first-order chi connectivity index (χ1) is 11.6. The van der Waals surface area contributed by atoms with E-state index in [0.29, 0.717) is 39.3 Å². The molecule has 0 bridgehead atoms. The summed E-state index contributed by atoms with van der Waals surface area (Å²) >= 11 is 0. The number of benzene rings is 2. The second kappa shape index (κ2) is 7.88. The van der Waals surface area contributed by atoms with Crippen LogP contribution in [0.3, 0.4) is 0 Å². The Bertz CT molecular complexity index is 751. The maximum atomic E-state index is 9.65. The van der Waals surface area contributed by atoms with Crippen molar-refractivity contribution in [2.24, 2.45) is 0 Å². The first kappa shape index (κ1) is 20.3. The lowest BCUT2D eigenvalue weighted by Gasteiger charge is -2.14. The van der Waals surface area contributed by atoms with Gasteiger partial charge < -0.3 is 29.9 Å². The van der Waals surface area contributed by atoms with Gasteiger partial charge in [0.2, 0.25) is 0 Å². The molecule has 0 spiro atoms. The van der Waals surface area contributed by atoms with Gasteiger partial charge in [-0.3, -0.25) is 0 Å². The van der Waals surface area contributed by atoms with Gasteiger partial charge in [0, 0.05) is 16.7 Å². The number of phenols is 4. The summed E-state index contributed by atoms with van der Waals surface area (Å²) in [5, 5.41) is 38.1. The van der Waals surface area contributed by atoms with Crippen molar-refractivity contribution in [1.82, 2.24) is 0 Å². The summed E-state index contributed by atoms with van der Waals surface area (Å²) in [5.41, 5.74) is 3.12. The molecule has 0 aliphatic heterocycles. The van der Waals surface area contributed by atoms with Gasteiger partial charge in [-0.25, -0.2) is 0 Å². The van der Waals surface area contributed by atoms with Gasteiger partial charge in [0.05, 0.1) is 14.2 Å². The summed E-state index contributed by atoms with van der Waals surface area (Å²) < 4.78 is 9.88. The maximum Gasteiger partial charge on any atom is 0.167 e. The van der Waals surface area contributed by atoms with Gasteiger partial charge in [0.15, 0.2) is 23.0 Å². The van der Waals surface area contributed by atoms with Crippen molar-refractivity contribution in [3.63, 3.8) is 0 Å². The van der Waals surface area contributed by atoms with E-state index in [1.165, 1.54) is 20.3 Å². The van der Waals surface area contributed by atoms with Crippen LogP contribution in [-0.2, 0) is 0 Å². The predicted molar refractivity (Wildman–Crippen MR) is 96.3 cm³/mol. The van der Waals surface area contributed by atoms with Crippen LogP contribution in [0.25, 0.3) is 0 Å². The third-order valence-electron chi connectivity index (χ3n) is 4.25. The van der Waals surface area contributed by atoms with Crippen LogP contribution >= 0.6 is 0 Å². The summed E-state index contributed by atoms with van der Waals surface area (Å²) in [5.74, 6) is 1.20. The quantitative estimate of drug-likeness (QED) is 0.616. The fourth-order valence-electron chi connectivity index (χ4n) is 2.53. The molecule has 0 aromatic heterocycles. The smallest absolute Gasteiger partial charge is 0.167 e. The van der Waals surface area contributed by atoms with Gasteiger partial charge in [-0.2, -0.15) is 0 Å². The number of ether oxygens (including phenoxy) is 2. The molecule has 0 fully saturated rings. The minimum Gasteiger partial charge on any atom is -0.507 e. The minimum atomic E-state index is 0.0605. The Morgan fingerprint density at radius 2 is 1.04 bits per heavy atom. The van der Waals surface area contributed by atoms with Crippen molar-refractivity contribution >= 4 is 0 Å². The van der Waals surface area contributed by atoms with E-state index >= 15 is 0 Å². The Labute approximate surface area is 147 Å². The number of hydrogen-bond donors (Lipinski definition) is 4. The van der Waals surface area contributed by atoms with E-state index in [2.05, 4.69) is 0 Å². The molecular formula is C19H26O6. The van der Waals surface area contributed by atoms with Crippen LogP contribution in [-0.4, -0.2) is 34.6 Å². The van der Waals surface area contributed by atoms with Crippen LogP contribution in [0.2, 0.25) is 0 Å². The summed E-state index contributed by atoms with van der Waals surface area (Å²) in [6, 6.07) is 1.47. The molecule has 0 unspecified atom stereocenters. The first-order valence-electron chi connectivity index (χ1n) is 7.70. The molecule has 0 saturated carbocycles. The van der Waals surface area contributed by atoms with Crippen LogP contribution in [0.1, 0.15) is 27.8 Å². The van der Waals surface area contributed by atoms with Crippen molar-refractivity contribution in [3.8, 4) is 34.5 Å². The molecule has 0 aliphatic carbocycles. The Hall–Kier alpha value is -2.76. The highest BCUT2D eigenvalue weighted by atomic mass is 16.5. The van der Waals surface area contributed by atoms with Gasteiger partial charge >= 0.3 is 0 Å². The molecule has 2 aromatic carbocycles. The second-order valence-corrected chi connectivity index (χ2v) is 5.82. The van der Waals surface area contributed by atoms with Crippen LogP contribution in [0.4, 0.5) is 0 Å². The van der Waals surface area contributed by atoms with E-state index in [9.17, 15) is 20.4 Å². The molecule has 2 aromatic rings. The van der Waals surface area contributed by atoms with Gasteiger partial charge in [0.25, 0.3) is 0 Å². The lowest BCUT2D eigenvalue weighted by Crippen LogP contribution is -1.93. The number of phenolic OH excluding ortho intramolecular Hbond substituents is 4. The van der Waals surface area contributed by atoms with E-state index < -0.39 is 0 Å². The Balaban J connectivity index is 0.000000251. The maximum absolute atomic E-state index is 9.65. The second-order valence-electron chi connectivity index (χ2n) is 5.82. The Morgan fingerprint density at radius 1 is 0.600 bits per heavy atom. The molecule has 2 rings (SSSR count). The van der Waals surface area contributed by atoms with Crippen LogP contribution in [0.5, 0.6) is 34.5 Å². The number of methoxy groups -OCH3 is 2. The van der Waals surface area contributed by atoms with E-state index in [0.717, 1.165) is 0 Å². The number of aryl methyl sites for hydroxylation is 1. The summed E-state index contributed by atoms with van der Waals surface area (Å²) in [4.78, 5) is 0. The molecule has 4 N–H and O–H groups in total. The lowest BCUT2D eigenvalue weighted by atomic mass is 10.0. The van der Waals surface area contributed by atoms with E-state index in [-0.39, 0.29) is 23.0 Å². The summed E-state index contributed by atoms with van der Waals surface area (Å²) in [6.45, 7) is 8.63. The molecule has 0 amide bonds. The topological polar surface area (TPSA) is 99.4 Å². The summed E-state index contributed by atoms with van der Waals surface area (Å²) in [7, 11) is 2.92. The highest BCUT2D eigenvalue weighted by Gasteiger charge is 2.16. The van der Waals surface area contributed by atoms with Gasteiger partial charge in [-0.05, 0) is 51.8 Å². The zero-order chi connectivity index (χ0) is 19.5. The molecule has 25 heavy (non-hydrogen) atoms. The van der Waals surface area contributed by atoms with Crippen molar-refractivity contribution < 1.29 is 29.9 Å². The van der Waals surface area contributed by atoms with E-state index in [1.807, 2.05) is 0 Å². The van der Waals surface area contributed by atoms with Crippen molar-refractivity contribution in [2.45, 2.75) is 34.6 Å². The van der Waals surface area contributed by atoms with Crippen LogP contribution < -0.4 is 9.47 Å². The molecule has 0 saturated heterocycles. The van der Waals surface area contributed by atoms with Crippen molar-refractivity contribution in [1.29, 1.82) is 0 Å². The SMILES string of the molecule is COc1c(C)c(O)c(C)c(C)c1O.COc1c(O)cc(C)c(O)c1C. The molecule has 0 heterocycles. The highest BCUT2D eigenvalue weighted by molar-refractivity contribution is 5.60. The van der Waals surface area contributed by atoms with E-state index in [1.54, 1.807) is 34.6 Å².